The van der Waals surface area contributed by atoms with E-state index >= 15 is 0 Å². The fraction of sp³-hybridized carbons (Fsp3) is 0.400. The first-order valence-corrected chi connectivity index (χ1v) is 6.39. The molecule has 0 heterocycles. The fourth-order valence-corrected chi connectivity index (χ4v) is 2.96. The van der Waals surface area contributed by atoms with Crippen molar-refractivity contribution >= 4 is 9.84 Å². The first-order valence-electron chi connectivity index (χ1n) is 4.50. The molecule has 1 aliphatic carbocycles. The molecule has 0 bridgehead atoms. The molecule has 0 saturated carbocycles. The highest BCUT2D eigenvalue weighted by atomic mass is 32.2. The van der Waals surface area contributed by atoms with Gasteiger partial charge in [0.15, 0.2) is 9.84 Å². The minimum absolute atomic E-state index is 0.273. The summed E-state index contributed by atoms with van der Waals surface area (Å²) in [7, 11) is -3.21. The van der Waals surface area contributed by atoms with Crippen molar-refractivity contribution < 1.29 is 12.8 Å². The smallest absolute Gasteiger partial charge is 0.175 e. The van der Waals surface area contributed by atoms with Crippen LogP contribution in [-0.2, 0) is 22.7 Å². The van der Waals surface area contributed by atoms with Crippen LogP contribution in [0.15, 0.2) is 17.0 Å². The van der Waals surface area contributed by atoms with Gasteiger partial charge < -0.3 is 0 Å². The van der Waals surface area contributed by atoms with Gasteiger partial charge in [0.25, 0.3) is 0 Å². The second kappa shape index (κ2) is 3.05. The summed E-state index contributed by atoms with van der Waals surface area (Å²) in [6, 6.07) is 2.62. The third-order valence-electron chi connectivity index (χ3n) is 2.58. The first-order chi connectivity index (χ1) is 6.50. The summed E-state index contributed by atoms with van der Waals surface area (Å²) in [6.45, 7) is 0. The van der Waals surface area contributed by atoms with Gasteiger partial charge in [0.1, 0.15) is 5.82 Å². The number of hydrogen-bond donors (Lipinski definition) is 0. The number of sulfone groups is 1. The minimum Gasteiger partial charge on any atom is -0.224 e. The van der Waals surface area contributed by atoms with Gasteiger partial charge in [-0.3, -0.25) is 0 Å². The molecule has 4 heteroatoms. The third kappa shape index (κ3) is 1.43. The SMILES string of the molecule is CS(=O)(=O)c1ccc(F)c2c1CCC2. The third-order valence-corrected chi connectivity index (χ3v) is 3.77. The molecule has 0 spiro atoms. The zero-order valence-electron chi connectivity index (χ0n) is 7.88. The van der Waals surface area contributed by atoms with Gasteiger partial charge >= 0.3 is 0 Å². The van der Waals surface area contributed by atoms with Crippen LogP contribution in [0.1, 0.15) is 17.5 Å². The van der Waals surface area contributed by atoms with Gasteiger partial charge in [-0.1, -0.05) is 0 Å². The molecule has 76 valence electrons. The Morgan fingerprint density at radius 2 is 1.86 bits per heavy atom. The summed E-state index contributed by atoms with van der Waals surface area (Å²) < 4.78 is 36.0. The molecule has 1 aromatic carbocycles. The van der Waals surface area contributed by atoms with Gasteiger partial charge in [0.05, 0.1) is 4.90 Å². The van der Waals surface area contributed by atoms with Crippen molar-refractivity contribution in [3.63, 3.8) is 0 Å². The molecule has 0 saturated heterocycles. The van der Waals surface area contributed by atoms with E-state index in [0.717, 1.165) is 6.42 Å². The van der Waals surface area contributed by atoms with Crippen molar-refractivity contribution in [1.29, 1.82) is 0 Å². The number of rotatable bonds is 1. The normalized spacial score (nSPS) is 15.6. The highest BCUT2D eigenvalue weighted by Gasteiger charge is 2.22. The summed E-state index contributed by atoms with van der Waals surface area (Å²) in [6.07, 6.45) is 3.34. The van der Waals surface area contributed by atoms with Gasteiger partial charge in [-0.2, -0.15) is 0 Å². The molecule has 0 N–H and O–H groups in total. The Balaban J connectivity index is 2.72. The Bertz CT molecular complexity index is 477. The Hall–Kier alpha value is -0.900. The van der Waals surface area contributed by atoms with Gasteiger partial charge in [0.2, 0.25) is 0 Å². The molecule has 0 aliphatic heterocycles. The molecule has 14 heavy (non-hydrogen) atoms. The van der Waals surface area contributed by atoms with Crippen LogP contribution in [0.3, 0.4) is 0 Å². The van der Waals surface area contributed by atoms with Crippen LogP contribution in [0.4, 0.5) is 4.39 Å². The molecule has 1 aromatic rings. The second-order valence-electron chi connectivity index (χ2n) is 3.63. The van der Waals surface area contributed by atoms with E-state index in [0.29, 0.717) is 28.9 Å². The number of hydrogen-bond acceptors (Lipinski definition) is 2. The monoisotopic (exact) mass is 214 g/mol. The largest absolute Gasteiger partial charge is 0.224 e. The Kier molecular flexibility index (Phi) is 2.10. The molecule has 0 atom stereocenters. The van der Waals surface area contributed by atoms with Crippen LogP contribution in [0, 0.1) is 5.82 Å². The molecule has 2 rings (SSSR count). The van der Waals surface area contributed by atoms with E-state index in [1.807, 2.05) is 0 Å². The van der Waals surface area contributed by atoms with Crippen LogP contribution >= 0.6 is 0 Å². The lowest BCUT2D eigenvalue weighted by atomic mass is 10.1. The highest BCUT2D eigenvalue weighted by Crippen LogP contribution is 2.30. The lowest BCUT2D eigenvalue weighted by molar-refractivity contribution is 0.597. The number of halogens is 1. The van der Waals surface area contributed by atoms with Crippen LogP contribution in [0.25, 0.3) is 0 Å². The van der Waals surface area contributed by atoms with Crippen LogP contribution in [0.2, 0.25) is 0 Å². The topological polar surface area (TPSA) is 34.1 Å². The molecule has 1 aliphatic rings. The average molecular weight is 214 g/mol. The first kappa shape index (κ1) is 9.65. The molecular formula is C10H11FO2S. The summed E-state index contributed by atoms with van der Waals surface area (Å²) in [4.78, 5) is 0.298. The van der Waals surface area contributed by atoms with E-state index in [-0.39, 0.29) is 5.82 Å². The zero-order valence-corrected chi connectivity index (χ0v) is 8.70. The Morgan fingerprint density at radius 1 is 1.21 bits per heavy atom. The van der Waals surface area contributed by atoms with E-state index in [9.17, 15) is 12.8 Å². The quantitative estimate of drug-likeness (QED) is 0.667. The minimum atomic E-state index is -3.21. The van der Waals surface area contributed by atoms with Crippen molar-refractivity contribution in [1.82, 2.24) is 0 Å². The Labute approximate surface area is 82.7 Å². The van der Waals surface area contributed by atoms with Gasteiger partial charge in [-0.25, -0.2) is 12.8 Å². The molecular weight excluding hydrogens is 203 g/mol. The van der Waals surface area contributed by atoms with E-state index in [1.54, 1.807) is 0 Å². The number of fused-ring (bicyclic) bond motifs is 1. The molecule has 2 nitrogen and oxygen atoms in total. The zero-order chi connectivity index (χ0) is 10.3. The van der Waals surface area contributed by atoms with Crippen molar-refractivity contribution in [2.45, 2.75) is 24.2 Å². The van der Waals surface area contributed by atoms with Gasteiger partial charge in [-0.15, -0.1) is 0 Å². The lowest BCUT2D eigenvalue weighted by Crippen LogP contribution is -2.03. The fourth-order valence-electron chi connectivity index (χ4n) is 1.98. The summed E-state index contributed by atoms with van der Waals surface area (Å²) in [5.41, 5.74) is 1.28. The van der Waals surface area contributed by atoms with E-state index < -0.39 is 9.84 Å². The van der Waals surface area contributed by atoms with E-state index in [1.165, 1.54) is 18.4 Å². The van der Waals surface area contributed by atoms with Crippen LogP contribution in [0.5, 0.6) is 0 Å². The van der Waals surface area contributed by atoms with Gasteiger partial charge in [-0.05, 0) is 42.5 Å². The van der Waals surface area contributed by atoms with Gasteiger partial charge in [0, 0.05) is 6.26 Å². The maximum Gasteiger partial charge on any atom is 0.175 e. The summed E-state index contributed by atoms with van der Waals surface area (Å²) >= 11 is 0. The van der Waals surface area contributed by atoms with E-state index in [2.05, 4.69) is 0 Å². The lowest BCUT2D eigenvalue weighted by Gasteiger charge is -2.06. The number of benzene rings is 1. The second-order valence-corrected chi connectivity index (χ2v) is 5.61. The molecule has 0 aromatic heterocycles. The van der Waals surface area contributed by atoms with E-state index in [4.69, 9.17) is 0 Å². The Morgan fingerprint density at radius 3 is 2.50 bits per heavy atom. The van der Waals surface area contributed by atoms with Crippen molar-refractivity contribution in [2.24, 2.45) is 0 Å². The predicted octanol–water partition coefficient (Wildman–Crippen LogP) is 1.72. The highest BCUT2D eigenvalue weighted by molar-refractivity contribution is 7.90. The maximum atomic E-state index is 13.3. The van der Waals surface area contributed by atoms with Crippen molar-refractivity contribution in [3.8, 4) is 0 Å². The van der Waals surface area contributed by atoms with Crippen LogP contribution < -0.4 is 0 Å². The average Bonchev–Trinajstić information content (AvgIpc) is 2.50. The van der Waals surface area contributed by atoms with Crippen molar-refractivity contribution in [2.75, 3.05) is 6.26 Å². The summed E-state index contributed by atoms with van der Waals surface area (Å²) in [5, 5.41) is 0. The predicted molar refractivity (Wildman–Crippen MR) is 51.5 cm³/mol. The standard InChI is InChI=1S/C10H11FO2S/c1-14(12,13)10-6-5-9(11)7-3-2-4-8(7)10/h5-6H,2-4H2,1H3. The molecule has 0 fully saturated rings. The van der Waals surface area contributed by atoms with Crippen LogP contribution in [-0.4, -0.2) is 14.7 Å². The summed E-state index contributed by atoms with van der Waals surface area (Å²) in [5.74, 6) is -0.273. The molecule has 0 radical (unpaired) electrons. The maximum absolute atomic E-state index is 13.3. The molecule has 0 amide bonds. The molecule has 0 unspecified atom stereocenters. The van der Waals surface area contributed by atoms with Crippen molar-refractivity contribution in [3.05, 3.63) is 29.1 Å².